The third-order valence-corrected chi connectivity index (χ3v) is 2.98. The molecule has 1 aliphatic rings. The molecule has 104 valence electrons. The summed E-state index contributed by atoms with van der Waals surface area (Å²) < 4.78 is 0. The quantitative estimate of drug-likeness (QED) is 0.660. The van der Waals surface area contributed by atoms with Crippen LogP contribution in [-0.4, -0.2) is 53.7 Å². The van der Waals surface area contributed by atoms with E-state index in [2.05, 4.69) is 10.6 Å². The summed E-state index contributed by atoms with van der Waals surface area (Å²) in [7, 11) is 0. The largest absolute Gasteiger partial charge is 0.393 e. The van der Waals surface area contributed by atoms with Crippen molar-refractivity contribution in [3.8, 4) is 0 Å². The normalized spacial score (nSPS) is 24.9. The molecule has 0 bridgehead atoms. The van der Waals surface area contributed by atoms with E-state index >= 15 is 0 Å². The summed E-state index contributed by atoms with van der Waals surface area (Å²) in [6.45, 7) is 7.18. The number of rotatable bonds is 3. The van der Waals surface area contributed by atoms with Gasteiger partial charge in [-0.15, -0.1) is 0 Å². The van der Waals surface area contributed by atoms with Crippen LogP contribution in [0, 0.1) is 5.92 Å². The fourth-order valence-corrected chi connectivity index (χ4v) is 2.03. The first-order valence-corrected chi connectivity index (χ1v) is 6.39. The van der Waals surface area contributed by atoms with Crippen LogP contribution < -0.4 is 10.6 Å². The molecular weight excluding hydrogens is 234 g/mol. The number of aliphatic hydroxyl groups is 1. The van der Waals surface area contributed by atoms with E-state index in [0.717, 1.165) is 0 Å². The molecule has 1 aliphatic heterocycles. The van der Waals surface area contributed by atoms with E-state index in [1.807, 2.05) is 25.7 Å². The van der Waals surface area contributed by atoms with Gasteiger partial charge in [0.2, 0.25) is 5.91 Å². The van der Waals surface area contributed by atoms with E-state index in [-0.39, 0.29) is 30.5 Å². The standard InChI is InChI=1S/C12H23N3O3/c1-8(2)13-12(18)14-11(17)7-15-5-4-10(16)9(3)6-15/h8-10,16H,4-7H2,1-3H3,(H2,13,14,17,18). The number of amides is 3. The lowest BCUT2D eigenvalue weighted by atomic mass is 9.97. The van der Waals surface area contributed by atoms with Crippen LogP contribution in [0.3, 0.4) is 0 Å². The van der Waals surface area contributed by atoms with E-state index in [1.165, 1.54) is 0 Å². The Morgan fingerprint density at radius 2 is 2.11 bits per heavy atom. The second kappa shape index (κ2) is 6.70. The number of carbonyl (C=O) groups is 2. The van der Waals surface area contributed by atoms with Gasteiger partial charge in [-0.1, -0.05) is 6.92 Å². The third-order valence-electron chi connectivity index (χ3n) is 2.98. The topological polar surface area (TPSA) is 81.7 Å². The minimum Gasteiger partial charge on any atom is -0.393 e. The van der Waals surface area contributed by atoms with Crippen LogP contribution in [-0.2, 0) is 4.79 Å². The summed E-state index contributed by atoms with van der Waals surface area (Å²) in [4.78, 5) is 24.9. The van der Waals surface area contributed by atoms with Gasteiger partial charge in [-0.3, -0.25) is 15.0 Å². The van der Waals surface area contributed by atoms with E-state index in [0.29, 0.717) is 19.5 Å². The molecule has 1 fully saturated rings. The molecule has 1 rings (SSSR count). The van der Waals surface area contributed by atoms with Gasteiger partial charge >= 0.3 is 6.03 Å². The molecule has 0 aliphatic carbocycles. The first-order chi connectivity index (χ1) is 8.38. The van der Waals surface area contributed by atoms with Crippen molar-refractivity contribution < 1.29 is 14.7 Å². The van der Waals surface area contributed by atoms with Gasteiger partial charge in [0, 0.05) is 19.1 Å². The average Bonchev–Trinajstić information content (AvgIpc) is 2.21. The maximum atomic E-state index is 11.6. The number of likely N-dealkylation sites (tertiary alicyclic amines) is 1. The van der Waals surface area contributed by atoms with Crippen LogP contribution in [0.2, 0.25) is 0 Å². The van der Waals surface area contributed by atoms with E-state index < -0.39 is 6.03 Å². The number of hydrogen-bond acceptors (Lipinski definition) is 4. The molecule has 6 nitrogen and oxygen atoms in total. The molecular formula is C12H23N3O3. The molecule has 2 unspecified atom stereocenters. The Labute approximate surface area is 108 Å². The molecule has 0 radical (unpaired) electrons. The zero-order valence-corrected chi connectivity index (χ0v) is 11.3. The van der Waals surface area contributed by atoms with Crippen molar-refractivity contribution in [2.45, 2.75) is 39.3 Å². The monoisotopic (exact) mass is 257 g/mol. The Balaban J connectivity index is 2.30. The summed E-state index contributed by atoms with van der Waals surface area (Å²) >= 11 is 0. The number of imide groups is 1. The summed E-state index contributed by atoms with van der Waals surface area (Å²) in [5.74, 6) is -0.146. The Morgan fingerprint density at radius 3 is 2.67 bits per heavy atom. The molecule has 18 heavy (non-hydrogen) atoms. The lowest BCUT2D eigenvalue weighted by Crippen LogP contribution is -2.49. The van der Waals surface area contributed by atoms with Crippen LogP contribution >= 0.6 is 0 Å². The lowest BCUT2D eigenvalue weighted by molar-refractivity contribution is -0.122. The second-order valence-electron chi connectivity index (χ2n) is 5.24. The highest BCUT2D eigenvalue weighted by Gasteiger charge is 2.25. The molecule has 0 saturated carbocycles. The molecule has 0 aromatic carbocycles. The Bertz CT molecular complexity index is 307. The Kier molecular flexibility index (Phi) is 5.55. The minimum absolute atomic E-state index is 0.00274. The molecule has 1 saturated heterocycles. The van der Waals surface area contributed by atoms with Gasteiger partial charge < -0.3 is 10.4 Å². The SMILES string of the molecule is CC(C)NC(=O)NC(=O)CN1CCC(O)C(C)C1. The van der Waals surface area contributed by atoms with Crippen molar-refractivity contribution >= 4 is 11.9 Å². The number of piperidine rings is 1. The zero-order valence-electron chi connectivity index (χ0n) is 11.3. The fourth-order valence-electron chi connectivity index (χ4n) is 2.03. The molecule has 0 aromatic rings. The van der Waals surface area contributed by atoms with Gasteiger partial charge in [0.1, 0.15) is 0 Å². The number of carbonyl (C=O) groups excluding carboxylic acids is 2. The van der Waals surface area contributed by atoms with Crippen molar-refractivity contribution in [1.29, 1.82) is 0 Å². The van der Waals surface area contributed by atoms with Crippen molar-refractivity contribution in [2.75, 3.05) is 19.6 Å². The van der Waals surface area contributed by atoms with Gasteiger partial charge in [0.25, 0.3) is 0 Å². The summed E-state index contributed by atoms with van der Waals surface area (Å²) in [6.07, 6.45) is 0.390. The number of aliphatic hydroxyl groups excluding tert-OH is 1. The molecule has 3 amide bonds. The lowest BCUT2D eigenvalue weighted by Gasteiger charge is -2.33. The van der Waals surface area contributed by atoms with E-state index in [4.69, 9.17) is 0 Å². The average molecular weight is 257 g/mol. The van der Waals surface area contributed by atoms with Gasteiger partial charge in [-0.05, 0) is 26.2 Å². The fraction of sp³-hybridized carbons (Fsp3) is 0.833. The zero-order chi connectivity index (χ0) is 13.7. The molecule has 1 heterocycles. The highest BCUT2D eigenvalue weighted by atomic mass is 16.3. The van der Waals surface area contributed by atoms with Crippen molar-refractivity contribution in [2.24, 2.45) is 5.92 Å². The van der Waals surface area contributed by atoms with Crippen molar-refractivity contribution in [3.63, 3.8) is 0 Å². The minimum atomic E-state index is -0.458. The Morgan fingerprint density at radius 1 is 1.44 bits per heavy atom. The van der Waals surface area contributed by atoms with Crippen molar-refractivity contribution in [3.05, 3.63) is 0 Å². The van der Waals surface area contributed by atoms with Gasteiger partial charge in [0.05, 0.1) is 12.6 Å². The summed E-state index contributed by atoms with van der Waals surface area (Å²) in [6, 6.07) is -0.456. The molecule has 0 spiro atoms. The number of hydrogen-bond donors (Lipinski definition) is 3. The smallest absolute Gasteiger partial charge is 0.321 e. The van der Waals surface area contributed by atoms with Crippen LogP contribution in [0.5, 0.6) is 0 Å². The first-order valence-electron chi connectivity index (χ1n) is 6.39. The predicted octanol–water partition coefficient (Wildman–Crippen LogP) is -0.0767. The van der Waals surface area contributed by atoms with Gasteiger partial charge in [0.15, 0.2) is 0 Å². The molecule has 6 heteroatoms. The molecule has 2 atom stereocenters. The summed E-state index contributed by atoms with van der Waals surface area (Å²) in [5.41, 5.74) is 0. The molecule has 0 aromatic heterocycles. The van der Waals surface area contributed by atoms with Crippen LogP contribution in [0.4, 0.5) is 4.79 Å². The van der Waals surface area contributed by atoms with Crippen LogP contribution in [0.1, 0.15) is 27.2 Å². The highest BCUT2D eigenvalue weighted by Crippen LogP contribution is 2.15. The van der Waals surface area contributed by atoms with E-state index in [1.54, 1.807) is 0 Å². The van der Waals surface area contributed by atoms with Crippen LogP contribution in [0.25, 0.3) is 0 Å². The summed E-state index contributed by atoms with van der Waals surface area (Å²) in [5, 5.41) is 14.5. The van der Waals surface area contributed by atoms with E-state index in [9.17, 15) is 14.7 Å². The van der Waals surface area contributed by atoms with Crippen molar-refractivity contribution in [1.82, 2.24) is 15.5 Å². The van der Waals surface area contributed by atoms with Gasteiger partial charge in [-0.2, -0.15) is 0 Å². The second-order valence-corrected chi connectivity index (χ2v) is 5.24. The number of nitrogens with zero attached hydrogens (tertiary/aromatic N) is 1. The predicted molar refractivity (Wildman–Crippen MR) is 68.0 cm³/mol. The maximum absolute atomic E-state index is 11.6. The maximum Gasteiger partial charge on any atom is 0.321 e. The third kappa shape index (κ3) is 5.01. The number of nitrogens with one attached hydrogen (secondary N) is 2. The Hall–Kier alpha value is -1.14. The number of urea groups is 1. The first kappa shape index (κ1) is 14.9. The van der Waals surface area contributed by atoms with Crippen LogP contribution in [0.15, 0.2) is 0 Å². The molecule has 3 N–H and O–H groups in total. The van der Waals surface area contributed by atoms with Gasteiger partial charge in [-0.25, -0.2) is 4.79 Å². The highest BCUT2D eigenvalue weighted by molar-refractivity contribution is 5.95.